The lowest BCUT2D eigenvalue weighted by molar-refractivity contribution is -0.274. The van der Waals surface area contributed by atoms with Gasteiger partial charge in [0.15, 0.2) is 0 Å². The highest BCUT2D eigenvalue weighted by molar-refractivity contribution is 6.30. The Balaban J connectivity index is 2.33. The monoisotopic (exact) mass is 273 g/mol. The first-order valence-corrected chi connectivity index (χ1v) is 5.28. The molecular weight excluding hydrogens is 267 g/mol. The van der Waals surface area contributed by atoms with Crippen molar-refractivity contribution in [2.75, 3.05) is 0 Å². The number of pyridine rings is 1. The molecule has 1 aromatic heterocycles. The first-order valence-electron chi connectivity index (χ1n) is 4.91. The van der Waals surface area contributed by atoms with Gasteiger partial charge in [-0.05, 0) is 23.8 Å². The zero-order chi connectivity index (χ0) is 13.2. The van der Waals surface area contributed by atoms with Crippen LogP contribution in [0.5, 0.6) is 5.75 Å². The number of halogens is 4. The number of hydrogen-bond acceptors (Lipinski definition) is 2. The van der Waals surface area contributed by atoms with Crippen LogP contribution in [0.15, 0.2) is 42.7 Å². The minimum atomic E-state index is -4.70. The van der Waals surface area contributed by atoms with Crippen molar-refractivity contribution in [3.63, 3.8) is 0 Å². The van der Waals surface area contributed by atoms with Crippen LogP contribution in [0.2, 0.25) is 5.02 Å². The lowest BCUT2D eigenvalue weighted by atomic mass is 10.1. The molecule has 2 aromatic rings. The summed E-state index contributed by atoms with van der Waals surface area (Å²) < 4.78 is 40.1. The Morgan fingerprint density at radius 3 is 2.50 bits per heavy atom. The molecule has 1 heterocycles. The maximum Gasteiger partial charge on any atom is 0.573 e. The highest BCUT2D eigenvalue weighted by Gasteiger charge is 2.31. The molecule has 2 nitrogen and oxygen atoms in total. The second kappa shape index (κ2) is 4.86. The van der Waals surface area contributed by atoms with Gasteiger partial charge in [-0.1, -0.05) is 23.7 Å². The highest BCUT2D eigenvalue weighted by Crippen LogP contribution is 2.28. The molecule has 0 atom stereocenters. The maximum atomic E-state index is 12.1. The van der Waals surface area contributed by atoms with Gasteiger partial charge in [0.1, 0.15) is 5.75 Å². The molecule has 0 saturated carbocycles. The molecule has 0 radical (unpaired) electrons. The van der Waals surface area contributed by atoms with E-state index in [1.54, 1.807) is 12.1 Å². The molecule has 2 rings (SSSR count). The number of aromatic nitrogens is 1. The van der Waals surface area contributed by atoms with E-state index in [1.807, 2.05) is 0 Å². The van der Waals surface area contributed by atoms with Crippen molar-refractivity contribution in [1.82, 2.24) is 4.98 Å². The van der Waals surface area contributed by atoms with Crippen molar-refractivity contribution in [3.05, 3.63) is 47.7 Å². The van der Waals surface area contributed by atoms with Gasteiger partial charge in [0.2, 0.25) is 0 Å². The van der Waals surface area contributed by atoms with Gasteiger partial charge in [-0.25, -0.2) is 0 Å². The summed E-state index contributed by atoms with van der Waals surface area (Å²) >= 11 is 5.77. The standard InChI is InChI=1S/C12H7ClF3NO/c13-10-4-9(6-17-7-10)8-2-1-3-11(5-8)18-12(14,15)16/h1-7H. The quantitative estimate of drug-likeness (QED) is 0.814. The van der Waals surface area contributed by atoms with Crippen molar-refractivity contribution >= 4 is 11.6 Å². The van der Waals surface area contributed by atoms with Crippen molar-refractivity contribution in [3.8, 4) is 16.9 Å². The minimum Gasteiger partial charge on any atom is -0.406 e. The third kappa shape index (κ3) is 3.37. The second-order valence-corrected chi connectivity index (χ2v) is 3.90. The van der Waals surface area contributed by atoms with Crippen LogP contribution in [0.4, 0.5) is 13.2 Å². The molecule has 0 fully saturated rings. The van der Waals surface area contributed by atoms with Gasteiger partial charge in [0.05, 0.1) is 5.02 Å². The summed E-state index contributed by atoms with van der Waals surface area (Å²) in [6, 6.07) is 7.24. The average molecular weight is 274 g/mol. The predicted molar refractivity (Wildman–Crippen MR) is 61.4 cm³/mol. The fraction of sp³-hybridized carbons (Fsp3) is 0.0833. The Morgan fingerprint density at radius 2 is 1.83 bits per heavy atom. The van der Waals surface area contributed by atoms with E-state index in [4.69, 9.17) is 11.6 Å². The number of benzene rings is 1. The summed E-state index contributed by atoms with van der Waals surface area (Å²) in [4.78, 5) is 3.87. The molecule has 0 amide bonds. The van der Waals surface area contributed by atoms with Crippen LogP contribution in [0.25, 0.3) is 11.1 Å². The van der Waals surface area contributed by atoms with Crippen LogP contribution < -0.4 is 4.74 Å². The van der Waals surface area contributed by atoms with Gasteiger partial charge in [-0.3, -0.25) is 4.98 Å². The average Bonchev–Trinajstić information content (AvgIpc) is 2.27. The molecule has 0 unspecified atom stereocenters. The molecule has 6 heteroatoms. The molecule has 0 N–H and O–H groups in total. The van der Waals surface area contributed by atoms with Crippen LogP contribution in [-0.4, -0.2) is 11.3 Å². The third-order valence-electron chi connectivity index (χ3n) is 2.11. The van der Waals surface area contributed by atoms with Gasteiger partial charge in [-0.2, -0.15) is 0 Å². The first-order chi connectivity index (χ1) is 8.44. The number of nitrogens with zero attached hydrogens (tertiary/aromatic N) is 1. The van der Waals surface area contributed by atoms with Crippen LogP contribution in [0.3, 0.4) is 0 Å². The predicted octanol–water partition coefficient (Wildman–Crippen LogP) is 4.30. The lowest BCUT2D eigenvalue weighted by Crippen LogP contribution is -2.17. The van der Waals surface area contributed by atoms with Gasteiger partial charge < -0.3 is 4.74 Å². The van der Waals surface area contributed by atoms with E-state index in [0.29, 0.717) is 16.1 Å². The molecule has 94 valence electrons. The maximum absolute atomic E-state index is 12.1. The van der Waals surface area contributed by atoms with Crippen LogP contribution >= 0.6 is 11.6 Å². The van der Waals surface area contributed by atoms with Crippen LogP contribution in [-0.2, 0) is 0 Å². The van der Waals surface area contributed by atoms with E-state index in [9.17, 15) is 13.2 Å². The summed E-state index contributed by atoms with van der Waals surface area (Å²) in [6.07, 6.45) is -1.75. The Kier molecular flexibility index (Phi) is 3.43. The molecule has 0 spiro atoms. The third-order valence-corrected chi connectivity index (χ3v) is 2.31. The fourth-order valence-electron chi connectivity index (χ4n) is 1.44. The molecule has 0 aliphatic rings. The molecule has 1 aromatic carbocycles. The summed E-state index contributed by atoms with van der Waals surface area (Å²) in [5.41, 5.74) is 1.17. The van der Waals surface area contributed by atoms with Gasteiger partial charge in [0.25, 0.3) is 0 Å². The van der Waals surface area contributed by atoms with E-state index in [1.165, 1.54) is 30.6 Å². The number of hydrogen-bond donors (Lipinski definition) is 0. The summed E-state index contributed by atoms with van der Waals surface area (Å²) in [5, 5.41) is 0.412. The SMILES string of the molecule is FC(F)(F)Oc1cccc(-c2cncc(Cl)c2)c1. The molecule has 0 bridgehead atoms. The van der Waals surface area contributed by atoms with Crippen LogP contribution in [0, 0.1) is 0 Å². The smallest absolute Gasteiger partial charge is 0.406 e. The number of alkyl halides is 3. The zero-order valence-electron chi connectivity index (χ0n) is 8.91. The largest absolute Gasteiger partial charge is 0.573 e. The lowest BCUT2D eigenvalue weighted by Gasteiger charge is -2.10. The van der Waals surface area contributed by atoms with Gasteiger partial charge in [0, 0.05) is 18.0 Å². The fourth-order valence-corrected chi connectivity index (χ4v) is 1.62. The number of ether oxygens (including phenoxy) is 1. The van der Waals surface area contributed by atoms with Crippen molar-refractivity contribution < 1.29 is 17.9 Å². The van der Waals surface area contributed by atoms with Crippen molar-refractivity contribution in [1.29, 1.82) is 0 Å². The first kappa shape index (κ1) is 12.7. The van der Waals surface area contributed by atoms with Crippen LogP contribution in [0.1, 0.15) is 0 Å². The second-order valence-electron chi connectivity index (χ2n) is 3.47. The topological polar surface area (TPSA) is 22.1 Å². The van der Waals surface area contributed by atoms with Gasteiger partial charge >= 0.3 is 6.36 Å². The van der Waals surface area contributed by atoms with Gasteiger partial charge in [-0.15, -0.1) is 13.2 Å². The van der Waals surface area contributed by atoms with E-state index in [2.05, 4.69) is 9.72 Å². The van der Waals surface area contributed by atoms with Crippen molar-refractivity contribution in [2.24, 2.45) is 0 Å². The Morgan fingerprint density at radius 1 is 1.06 bits per heavy atom. The molecular formula is C12H7ClF3NO. The van der Waals surface area contributed by atoms with E-state index in [0.717, 1.165) is 0 Å². The van der Waals surface area contributed by atoms with E-state index < -0.39 is 6.36 Å². The number of rotatable bonds is 2. The van der Waals surface area contributed by atoms with Crippen molar-refractivity contribution in [2.45, 2.75) is 6.36 Å². The highest BCUT2D eigenvalue weighted by atomic mass is 35.5. The van der Waals surface area contributed by atoms with E-state index >= 15 is 0 Å². The summed E-state index contributed by atoms with van der Waals surface area (Å²) in [7, 11) is 0. The Bertz CT molecular complexity index is 557. The molecule has 0 aliphatic heterocycles. The Hall–Kier alpha value is -1.75. The van der Waals surface area contributed by atoms with E-state index in [-0.39, 0.29) is 5.75 Å². The minimum absolute atomic E-state index is 0.278. The summed E-state index contributed by atoms with van der Waals surface area (Å²) in [5.74, 6) is -0.278. The zero-order valence-corrected chi connectivity index (χ0v) is 9.66. The molecule has 18 heavy (non-hydrogen) atoms. The normalized spacial score (nSPS) is 11.3. The summed E-state index contributed by atoms with van der Waals surface area (Å²) in [6.45, 7) is 0. The molecule has 0 aliphatic carbocycles. The molecule has 0 saturated heterocycles. The Labute approximate surface area is 106 Å².